The van der Waals surface area contributed by atoms with E-state index < -0.39 is 18.2 Å². The van der Waals surface area contributed by atoms with Gasteiger partial charge in [-0.1, -0.05) is 0 Å². The molecule has 1 heterocycles. The van der Waals surface area contributed by atoms with Gasteiger partial charge < -0.3 is 4.90 Å². The smallest absolute Gasteiger partial charge is 0.341 e. The molecule has 1 atom stereocenters. The molecule has 14 heavy (non-hydrogen) atoms. The van der Waals surface area contributed by atoms with E-state index in [-0.39, 0.29) is 13.1 Å². The average Bonchev–Trinajstić information content (AvgIpc) is 2.06. The molecule has 0 N–H and O–H groups in total. The molecule has 1 aliphatic rings. The molecule has 0 radical (unpaired) electrons. The molecule has 0 bridgehead atoms. The van der Waals surface area contributed by atoms with Gasteiger partial charge in [0.1, 0.15) is 5.50 Å². The van der Waals surface area contributed by atoms with Crippen molar-refractivity contribution in [3.63, 3.8) is 0 Å². The topological polar surface area (TPSA) is 23.6 Å². The summed E-state index contributed by atoms with van der Waals surface area (Å²) < 4.78 is 36.0. The van der Waals surface area contributed by atoms with Gasteiger partial charge in [-0.15, -0.1) is 11.6 Å². The van der Waals surface area contributed by atoms with Crippen LogP contribution in [0, 0.1) is 0 Å². The van der Waals surface area contributed by atoms with Gasteiger partial charge in [0, 0.05) is 19.6 Å². The van der Waals surface area contributed by atoms with Crippen LogP contribution in [-0.2, 0) is 4.79 Å². The van der Waals surface area contributed by atoms with Crippen LogP contribution in [0.3, 0.4) is 0 Å². The lowest BCUT2D eigenvalue weighted by molar-refractivity contribution is -0.152. The van der Waals surface area contributed by atoms with Gasteiger partial charge in [-0.25, -0.2) is 0 Å². The predicted molar refractivity (Wildman–Crippen MR) is 44.9 cm³/mol. The van der Waals surface area contributed by atoms with Gasteiger partial charge >= 0.3 is 6.18 Å². The van der Waals surface area contributed by atoms with E-state index in [4.69, 9.17) is 11.6 Å². The fraction of sp³-hybridized carbons (Fsp3) is 0.857. The molecule has 0 aromatic carbocycles. The molecule has 0 aliphatic carbocycles. The van der Waals surface area contributed by atoms with Gasteiger partial charge in [0.15, 0.2) is 0 Å². The van der Waals surface area contributed by atoms with Crippen molar-refractivity contribution in [2.24, 2.45) is 0 Å². The van der Waals surface area contributed by atoms with E-state index >= 15 is 0 Å². The number of rotatable bonds is 2. The third-order valence-corrected chi connectivity index (χ3v) is 2.40. The van der Waals surface area contributed by atoms with Crippen molar-refractivity contribution in [3.8, 4) is 0 Å². The molecule has 0 aromatic rings. The van der Waals surface area contributed by atoms with Crippen LogP contribution in [0.25, 0.3) is 0 Å². The molecule has 1 aliphatic heterocycles. The number of hydrogen-bond acceptors (Lipinski definition) is 2. The molecule has 7 heteroatoms. The van der Waals surface area contributed by atoms with Crippen LogP contribution < -0.4 is 0 Å². The highest BCUT2D eigenvalue weighted by atomic mass is 35.5. The third kappa shape index (κ3) is 3.34. The minimum atomic E-state index is -4.24. The largest absolute Gasteiger partial charge is 0.401 e. The molecular weight excluding hydrogens is 221 g/mol. The normalized spacial score (nSPS) is 25.1. The first-order valence-corrected chi connectivity index (χ1v) is 4.50. The maximum atomic E-state index is 12.0. The molecule has 0 saturated carbocycles. The summed E-state index contributed by atoms with van der Waals surface area (Å²) in [5, 5.41) is 0. The van der Waals surface area contributed by atoms with Crippen LogP contribution in [0.4, 0.5) is 13.2 Å². The fourth-order valence-electron chi connectivity index (χ4n) is 1.30. The Morgan fingerprint density at radius 1 is 1.43 bits per heavy atom. The van der Waals surface area contributed by atoms with Crippen molar-refractivity contribution in [1.82, 2.24) is 9.80 Å². The number of nitrogens with zero attached hydrogens (tertiary/aromatic N) is 2. The first-order valence-electron chi connectivity index (χ1n) is 4.06. The number of carbonyl (C=O) groups excluding carboxylic acids is 1. The molecule has 0 aromatic heterocycles. The van der Waals surface area contributed by atoms with Crippen LogP contribution in [0.5, 0.6) is 0 Å². The summed E-state index contributed by atoms with van der Waals surface area (Å²) in [6.45, 7) is -0.426. The lowest BCUT2D eigenvalue weighted by atomic mass is 10.3. The molecular formula is C7H10ClF3N2O. The summed E-state index contributed by atoms with van der Waals surface area (Å²) in [5.41, 5.74) is -0.754. The maximum absolute atomic E-state index is 12.0. The van der Waals surface area contributed by atoms with E-state index in [0.29, 0.717) is 13.0 Å². The second kappa shape index (κ2) is 4.35. The second-order valence-electron chi connectivity index (χ2n) is 3.12. The van der Waals surface area contributed by atoms with E-state index in [2.05, 4.69) is 0 Å². The van der Waals surface area contributed by atoms with E-state index in [1.807, 2.05) is 0 Å². The Bertz CT molecular complexity index is 212. The number of carbonyl (C=O) groups is 1. The highest BCUT2D eigenvalue weighted by Crippen LogP contribution is 2.21. The van der Waals surface area contributed by atoms with Crippen molar-refractivity contribution < 1.29 is 18.0 Å². The van der Waals surface area contributed by atoms with Gasteiger partial charge in [-0.3, -0.25) is 9.69 Å². The molecule has 1 saturated heterocycles. The molecule has 3 nitrogen and oxygen atoms in total. The number of piperazine rings is 1. The summed E-state index contributed by atoms with van der Waals surface area (Å²) in [6, 6.07) is 0. The van der Waals surface area contributed by atoms with Crippen molar-refractivity contribution in [2.45, 2.75) is 11.7 Å². The van der Waals surface area contributed by atoms with Crippen molar-refractivity contribution in [3.05, 3.63) is 0 Å². The van der Waals surface area contributed by atoms with Crippen molar-refractivity contribution in [2.75, 3.05) is 26.2 Å². The highest BCUT2D eigenvalue weighted by molar-refractivity contribution is 6.20. The van der Waals surface area contributed by atoms with Crippen LogP contribution in [0.15, 0.2) is 0 Å². The van der Waals surface area contributed by atoms with Crippen molar-refractivity contribution >= 4 is 18.0 Å². The summed E-state index contributed by atoms with van der Waals surface area (Å²) in [7, 11) is 0. The zero-order valence-corrected chi connectivity index (χ0v) is 8.05. The third-order valence-electron chi connectivity index (χ3n) is 1.99. The fourth-order valence-corrected chi connectivity index (χ4v) is 1.65. The monoisotopic (exact) mass is 230 g/mol. The molecule has 1 unspecified atom stereocenters. The minimum absolute atomic E-state index is 0.140. The van der Waals surface area contributed by atoms with E-state index in [1.165, 1.54) is 4.90 Å². The molecule has 1 amide bonds. The zero-order valence-electron chi connectivity index (χ0n) is 7.30. The Hall–Kier alpha value is -0.490. The Balaban J connectivity index is 2.46. The molecule has 82 valence electrons. The quantitative estimate of drug-likeness (QED) is 0.400. The Morgan fingerprint density at radius 3 is 2.50 bits per heavy atom. The number of hydrogen-bond donors (Lipinski definition) is 0. The lowest BCUT2D eigenvalue weighted by Gasteiger charge is -2.36. The first-order chi connectivity index (χ1) is 6.42. The predicted octanol–water partition coefficient (Wildman–Crippen LogP) is 0.888. The molecule has 0 spiro atoms. The standard InChI is InChI=1S/C7H10ClF3N2O/c8-6-3-12(5-14)1-2-13(6)4-7(9,10)11/h5-6H,1-4H2. The van der Waals surface area contributed by atoms with Gasteiger partial charge in [0.05, 0.1) is 6.54 Å². The maximum Gasteiger partial charge on any atom is 0.401 e. The Kier molecular flexibility index (Phi) is 3.60. The summed E-state index contributed by atoms with van der Waals surface area (Å²) in [6.07, 6.45) is -3.64. The lowest BCUT2D eigenvalue weighted by Crippen LogP contribution is -2.52. The summed E-state index contributed by atoms with van der Waals surface area (Å²) >= 11 is 5.69. The van der Waals surface area contributed by atoms with Gasteiger partial charge in [-0.2, -0.15) is 13.2 Å². The second-order valence-corrected chi connectivity index (χ2v) is 3.62. The van der Waals surface area contributed by atoms with Gasteiger partial charge in [-0.05, 0) is 0 Å². The van der Waals surface area contributed by atoms with Gasteiger partial charge in [0.25, 0.3) is 0 Å². The molecule has 1 fully saturated rings. The van der Waals surface area contributed by atoms with Crippen LogP contribution in [-0.4, -0.2) is 54.1 Å². The Morgan fingerprint density at radius 2 is 2.07 bits per heavy atom. The number of halogens is 4. The zero-order chi connectivity index (χ0) is 10.8. The number of alkyl halides is 4. The van der Waals surface area contributed by atoms with E-state index in [1.54, 1.807) is 0 Å². The first kappa shape index (κ1) is 11.6. The van der Waals surface area contributed by atoms with Crippen LogP contribution >= 0.6 is 11.6 Å². The minimum Gasteiger partial charge on any atom is -0.341 e. The SMILES string of the molecule is O=CN1CCN(CC(F)(F)F)C(Cl)C1. The number of amides is 1. The van der Waals surface area contributed by atoms with Crippen LogP contribution in [0.1, 0.15) is 0 Å². The van der Waals surface area contributed by atoms with Crippen molar-refractivity contribution in [1.29, 1.82) is 0 Å². The summed E-state index contributed by atoms with van der Waals surface area (Å²) in [4.78, 5) is 12.8. The average molecular weight is 231 g/mol. The van der Waals surface area contributed by atoms with Gasteiger partial charge in [0.2, 0.25) is 6.41 Å². The highest BCUT2D eigenvalue weighted by Gasteiger charge is 2.35. The van der Waals surface area contributed by atoms with E-state index in [9.17, 15) is 18.0 Å². The Labute approximate surface area is 84.4 Å². The summed E-state index contributed by atoms with van der Waals surface area (Å²) in [5.74, 6) is 0. The molecule has 1 rings (SSSR count). The van der Waals surface area contributed by atoms with E-state index in [0.717, 1.165) is 4.90 Å². The van der Waals surface area contributed by atoms with Crippen LogP contribution in [0.2, 0.25) is 0 Å².